The van der Waals surface area contributed by atoms with E-state index in [1.165, 1.54) is 37.2 Å². The van der Waals surface area contributed by atoms with Crippen LogP contribution in [0.4, 0.5) is 5.69 Å². The van der Waals surface area contributed by atoms with Crippen molar-refractivity contribution in [2.75, 3.05) is 31.6 Å². The molecule has 0 amide bonds. The van der Waals surface area contributed by atoms with Crippen LogP contribution in [0.15, 0.2) is 24.3 Å². The van der Waals surface area contributed by atoms with Crippen molar-refractivity contribution in [3.05, 3.63) is 29.8 Å². The van der Waals surface area contributed by atoms with Gasteiger partial charge in [0.05, 0.1) is 0 Å². The zero-order chi connectivity index (χ0) is 11.4. The molecular weight excluding hydrogens is 196 g/mol. The van der Waals surface area contributed by atoms with Crippen LogP contribution in [0.1, 0.15) is 18.4 Å². The fourth-order valence-electron chi connectivity index (χ4n) is 2.44. The third kappa shape index (κ3) is 2.99. The fourth-order valence-corrected chi connectivity index (χ4v) is 2.44. The molecule has 0 aromatic heterocycles. The van der Waals surface area contributed by atoms with Gasteiger partial charge in [0.2, 0.25) is 0 Å². The molecule has 1 aliphatic rings. The topological polar surface area (TPSA) is 15.3 Å². The molecule has 1 N–H and O–H groups in total. The van der Waals surface area contributed by atoms with Crippen molar-refractivity contribution in [2.24, 2.45) is 5.92 Å². The first kappa shape index (κ1) is 11.5. The highest BCUT2D eigenvalue weighted by atomic mass is 15.1. The molecule has 0 spiro atoms. The lowest BCUT2D eigenvalue weighted by molar-refractivity contribution is 0.381. The molecule has 2 rings (SSSR count). The highest BCUT2D eigenvalue weighted by molar-refractivity contribution is 5.47. The van der Waals surface area contributed by atoms with E-state index in [0.717, 1.165) is 12.5 Å². The van der Waals surface area contributed by atoms with E-state index < -0.39 is 0 Å². The first-order valence-corrected chi connectivity index (χ1v) is 6.24. The maximum atomic E-state index is 3.48. The molecule has 0 bridgehead atoms. The van der Waals surface area contributed by atoms with Gasteiger partial charge in [-0.25, -0.2) is 0 Å². The zero-order valence-corrected chi connectivity index (χ0v) is 10.4. The Bertz CT molecular complexity index is 329. The number of hydrogen-bond acceptors (Lipinski definition) is 2. The van der Waals surface area contributed by atoms with Gasteiger partial charge in [-0.3, -0.25) is 0 Å². The molecule has 1 saturated heterocycles. The Morgan fingerprint density at radius 3 is 3.00 bits per heavy atom. The van der Waals surface area contributed by atoms with Gasteiger partial charge in [0.25, 0.3) is 0 Å². The number of piperidine rings is 1. The summed E-state index contributed by atoms with van der Waals surface area (Å²) in [6.07, 6.45) is 2.69. The molecule has 0 radical (unpaired) electrons. The molecule has 2 heteroatoms. The van der Waals surface area contributed by atoms with E-state index in [9.17, 15) is 0 Å². The van der Waals surface area contributed by atoms with Crippen molar-refractivity contribution in [3.63, 3.8) is 0 Å². The average molecular weight is 218 g/mol. The lowest BCUT2D eigenvalue weighted by Crippen LogP contribution is -2.36. The standard InChI is InChI=1S/C14H22N2/c1-12-5-3-7-14(9-12)16(2)11-13-6-4-8-15-10-13/h3,5,7,9,13,15H,4,6,8,10-11H2,1-2H3. The minimum Gasteiger partial charge on any atom is -0.374 e. The monoisotopic (exact) mass is 218 g/mol. The van der Waals surface area contributed by atoms with Gasteiger partial charge in [-0.15, -0.1) is 0 Å². The Balaban J connectivity index is 1.94. The SMILES string of the molecule is Cc1cccc(N(C)CC2CCCNC2)c1. The number of nitrogens with zero attached hydrogens (tertiary/aromatic N) is 1. The van der Waals surface area contributed by atoms with Crippen molar-refractivity contribution in [2.45, 2.75) is 19.8 Å². The van der Waals surface area contributed by atoms with Gasteiger partial charge in [0.15, 0.2) is 0 Å². The van der Waals surface area contributed by atoms with E-state index in [1.807, 2.05) is 0 Å². The Labute approximate surface area is 98.7 Å². The molecule has 1 heterocycles. The number of anilines is 1. The zero-order valence-electron chi connectivity index (χ0n) is 10.4. The van der Waals surface area contributed by atoms with Crippen LogP contribution in [-0.2, 0) is 0 Å². The van der Waals surface area contributed by atoms with E-state index in [-0.39, 0.29) is 0 Å². The van der Waals surface area contributed by atoms with Crippen LogP contribution in [0.3, 0.4) is 0 Å². The van der Waals surface area contributed by atoms with Gasteiger partial charge in [-0.05, 0) is 56.5 Å². The first-order chi connectivity index (χ1) is 7.75. The molecule has 1 aromatic carbocycles. The molecule has 1 aromatic rings. The largest absolute Gasteiger partial charge is 0.374 e. The summed E-state index contributed by atoms with van der Waals surface area (Å²) in [5.74, 6) is 0.805. The van der Waals surface area contributed by atoms with Crippen LogP contribution < -0.4 is 10.2 Å². The number of rotatable bonds is 3. The van der Waals surface area contributed by atoms with E-state index in [0.29, 0.717) is 0 Å². The van der Waals surface area contributed by atoms with E-state index in [4.69, 9.17) is 0 Å². The average Bonchev–Trinajstić information content (AvgIpc) is 2.30. The molecule has 1 atom stereocenters. The van der Waals surface area contributed by atoms with E-state index >= 15 is 0 Å². The van der Waals surface area contributed by atoms with Crippen molar-refractivity contribution < 1.29 is 0 Å². The maximum absolute atomic E-state index is 3.48. The molecular formula is C14H22N2. The molecule has 0 saturated carbocycles. The molecule has 1 aliphatic heterocycles. The van der Waals surface area contributed by atoms with Gasteiger partial charge in [0, 0.05) is 19.3 Å². The summed E-state index contributed by atoms with van der Waals surface area (Å²) in [4.78, 5) is 2.38. The van der Waals surface area contributed by atoms with Crippen molar-refractivity contribution in [3.8, 4) is 0 Å². The number of benzene rings is 1. The summed E-state index contributed by atoms with van der Waals surface area (Å²) < 4.78 is 0. The second-order valence-electron chi connectivity index (χ2n) is 4.93. The van der Waals surface area contributed by atoms with Crippen molar-refractivity contribution in [1.82, 2.24) is 5.32 Å². The smallest absolute Gasteiger partial charge is 0.0366 e. The quantitative estimate of drug-likeness (QED) is 0.838. The summed E-state index contributed by atoms with van der Waals surface area (Å²) in [6.45, 7) is 5.69. The molecule has 1 unspecified atom stereocenters. The minimum absolute atomic E-state index is 0.805. The maximum Gasteiger partial charge on any atom is 0.0366 e. The Kier molecular flexibility index (Phi) is 3.83. The Morgan fingerprint density at radius 2 is 2.31 bits per heavy atom. The highest BCUT2D eigenvalue weighted by Gasteiger charge is 2.15. The van der Waals surface area contributed by atoms with Gasteiger partial charge in [0.1, 0.15) is 0 Å². The van der Waals surface area contributed by atoms with Crippen molar-refractivity contribution in [1.29, 1.82) is 0 Å². The van der Waals surface area contributed by atoms with Gasteiger partial charge < -0.3 is 10.2 Å². The number of aryl methyl sites for hydroxylation is 1. The summed E-state index contributed by atoms with van der Waals surface area (Å²) in [6, 6.07) is 8.75. The van der Waals surface area contributed by atoms with Crippen LogP contribution in [0.5, 0.6) is 0 Å². The van der Waals surface area contributed by atoms with E-state index in [1.54, 1.807) is 0 Å². The lowest BCUT2D eigenvalue weighted by Gasteiger charge is -2.29. The molecule has 88 valence electrons. The van der Waals surface area contributed by atoms with Crippen LogP contribution in [-0.4, -0.2) is 26.7 Å². The molecule has 2 nitrogen and oxygen atoms in total. The second-order valence-corrected chi connectivity index (χ2v) is 4.93. The number of nitrogens with one attached hydrogen (secondary N) is 1. The Morgan fingerprint density at radius 1 is 1.44 bits per heavy atom. The van der Waals surface area contributed by atoms with E-state index in [2.05, 4.69) is 48.5 Å². The van der Waals surface area contributed by atoms with Gasteiger partial charge in [-0.2, -0.15) is 0 Å². The summed E-state index contributed by atoms with van der Waals surface area (Å²) in [5.41, 5.74) is 2.68. The summed E-state index contributed by atoms with van der Waals surface area (Å²) >= 11 is 0. The summed E-state index contributed by atoms with van der Waals surface area (Å²) in [5, 5.41) is 3.48. The summed E-state index contributed by atoms with van der Waals surface area (Å²) in [7, 11) is 2.20. The Hall–Kier alpha value is -1.02. The van der Waals surface area contributed by atoms with Crippen LogP contribution in [0, 0.1) is 12.8 Å². The predicted molar refractivity (Wildman–Crippen MR) is 70.0 cm³/mol. The van der Waals surface area contributed by atoms with Crippen LogP contribution in [0.2, 0.25) is 0 Å². The molecule has 0 aliphatic carbocycles. The molecule has 16 heavy (non-hydrogen) atoms. The predicted octanol–water partition coefficient (Wildman–Crippen LogP) is 2.43. The number of hydrogen-bond donors (Lipinski definition) is 1. The highest BCUT2D eigenvalue weighted by Crippen LogP contribution is 2.18. The third-order valence-corrected chi connectivity index (χ3v) is 3.37. The third-order valence-electron chi connectivity index (χ3n) is 3.37. The fraction of sp³-hybridized carbons (Fsp3) is 0.571. The minimum atomic E-state index is 0.805. The second kappa shape index (κ2) is 5.35. The van der Waals surface area contributed by atoms with Gasteiger partial charge >= 0.3 is 0 Å². The molecule has 1 fully saturated rings. The van der Waals surface area contributed by atoms with Crippen LogP contribution >= 0.6 is 0 Å². The van der Waals surface area contributed by atoms with Crippen molar-refractivity contribution >= 4 is 5.69 Å². The van der Waals surface area contributed by atoms with Crippen LogP contribution in [0.25, 0.3) is 0 Å². The first-order valence-electron chi connectivity index (χ1n) is 6.24. The lowest BCUT2D eigenvalue weighted by atomic mass is 9.99. The van der Waals surface area contributed by atoms with Gasteiger partial charge in [-0.1, -0.05) is 12.1 Å². The normalized spacial score (nSPS) is 20.8.